The van der Waals surface area contributed by atoms with E-state index >= 15 is 0 Å². The van der Waals surface area contributed by atoms with E-state index in [2.05, 4.69) is 5.32 Å². The molecule has 0 bridgehead atoms. The minimum Gasteiger partial charge on any atom is -0.368 e. The quantitative estimate of drug-likeness (QED) is 0.589. The van der Waals surface area contributed by atoms with Gasteiger partial charge in [-0.3, -0.25) is 4.79 Å². The lowest BCUT2D eigenvalue weighted by atomic mass is 10.2. The van der Waals surface area contributed by atoms with Gasteiger partial charge in [-0.15, -0.1) is 0 Å². The molecule has 10 heavy (non-hydrogen) atoms. The van der Waals surface area contributed by atoms with Crippen LogP contribution in [0.1, 0.15) is 6.92 Å². The Bertz CT molecular complexity index is 136. The largest absolute Gasteiger partial charge is 0.368 e. The molecule has 1 rings (SSSR count). The number of nitrogens with one attached hydrogen (secondary N) is 1. The molecule has 1 amide bonds. The SMILES string of the molecule is C[C@@H](NC1CSC1)C(N)=O. The lowest BCUT2D eigenvalue weighted by molar-refractivity contribution is -0.119. The van der Waals surface area contributed by atoms with Crippen LogP contribution >= 0.6 is 11.8 Å². The van der Waals surface area contributed by atoms with E-state index in [1.54, 1.807) is 6.92 Å². The van der Waals surface area contributed by atoms with E-state index in [1.807, 2.05) is 11.8 Å². The Balaban J connectivity index is 2.16. The molecule has 3 N–H and O–H groups in total. The van der Waals surface area contributed by atoms with Crippen LogP contribution in [0.25, 0.3) is 0 Å². The molecule has 0 radical (unpaired) electrons. The molecule has 0 aromatic heterocycles. The molecular weight excluding hydrogens is 148 g/mol. The maximum absolute atomic E-state index is 10.5. The highest BCUT2D eigenvalue weighted by Crippen LogP contribution is 2.17. The van der Waals surface area contributed by atoms with Crippen LogP contribution in [-0.2, 0) is 4.79 Å². The van der Waals surface area contributed by atoms with Gasteiger partial charge in [-0.2, -0.15) is 11.8 Å². The van der Waals surface area contributed by atoms with Crippen molar-refractivity contribution in [2.24, 2.45) is 5.73 Å². The first kappa shape index (κ1) is 7.88. The van der Waals surface area contributed by atoms with E-state index in [0.717, 1.165) is 11.5 Å². The zero-order chi connectivity index (χ0) is 7.56. The molecule has 1 atom stereocenters. The van der Waals surface area contributed by atoms with Crippen molar-refractivity contribution in [3.63, 3.8) is 0 Å². The summed E-state index contributed by atoms with van der Waals surface area (Å²) in [5, 5.41) is 3.12. The average Bonchev–Trinajstić information content (AvgIpc) is 1.77. The van der Waals surface area contributed by atoms with Gasteiger partial charge in [0.05, 0.1) is 6.04 Å². The van der Waals surface area contributed by atoms with Gasteiger partial charge in [-0.1, -0.05) is 0 Å². The molecule has 0 aromatic carbocycles. The van der Waals surface area contributed by atoms with Gasteiger partial charge in [0, 0.05) is 17.5 Å². The second kappa shape index (κ2) is 3.25. The lowest BCUT2D eigenvalue weighted by Gasteiger charge is -2.28. The first-order valence-electron chi connectivity index (χ1n) is 3.33. The summed E-state index contributed by atoms with van der Waals surface area (Å²) in [6.07, 6.45) is 0. The first-order chi connectivity index (χ1) is 4.70. The summed E-state index contributed by atoms with van der Waals surface area (Å²) in [6, 6.07) is 0.332. The summed E-state index contributed by atoms with van der Waals surface area (Å²) in [6.45, 7) is 1.80. The minimum absolute atomic E-state index is 0.175. The molecule has 0 aromatic rings. The monoisotopic (exact) mass is 160 g/mol. The number of amides is 1. The zero-order valence-corrected chi connectivity index (χ0v) is 6.78. The van der Waals surface area contributed by atoms with Gasteiger partial charge in [0.25, 0.3) is 0 Å². The highest BCUT2D eigenvalue weighted by Gasteiger charge is 2.21. The predicted molar refractivity (Wildman–Crippen MR) is 42.9 cm³/mol. The van der Waals surface area contributed by atoms with E-state index in [0.29, 0.717) is 6.04 Å². The van der Waals surface area contributed by atoms with Crippen LogP contribution in [-0.4, -0.2) is 29.5 Å². The number of carbonyl (C=O) groups excluding carboxylic acids is 1. The van der Waals surface area contributed by atoms with Crippen molar-refractivity contribution in [1.29, 1.82) is 0 Å². The molecular formula is C6H12N2OS. The number of hydrogen-bond acceptors (Lipinski definition) is 3. The normalized spacial score (nSPS) is 21.7. The standard InChI is InChI=1S/C6H12N2OS/c1-4(6(7)9)8-5-2-10-3-5/h4-5,8H,2-3H2,1H3,(H2,7,9)/t4-/m1/s1. The van der Waals surface area contributed by atoms with E-state index in [9.17, 15) is 4.79 Å². The van der Waals surface area contributed by atoms with Gasteiger partial charge in [-0.25, -0.2) is 0 Å². The molecule has 1 aliphatic heterocycles. The number of primary amides is 1. The Morgan fingerprint density at radius 3 is 2.70 bits per heavy atom. The zero-order valence-electron chi connectivity index (χ0n) is 5.96. The molecule has 4 heteroatoms. The van der Waals surface area contributed by atoms with E-state index in [-0.39, 0.29) is 11.9 Å². The van der Waals surface area contributed by atoms with Crippen LogP contribution in [0.5, 0.6) is 0 Å². The van der Waals surface area contributed by atoms with Gasteiger partial charge in [0.15, 0.2) is 0 Å². The Morgan fingerprint density at radius 1 is 1.80 bits per heavy atom. The van der Waals surface area contributed by atoms with Crippen LogP contribution in [0.15, 0.2) is 0 Å². The molecule has 58 valence electrons. The molecule has 0 saturated carbocycles. The molecule has 3 nitrogen and oxygen atoms in total. The Kier molecular flexibility index (Phi) is 2.56. The van der Waals surface area contributed by atoms with Crippen LogP contribution in [0.2, 0.25) is 0 Å². The average molecular weight is 160 g/mol. The van der Waals surface area contributed by atoms with Crippen LogP contribution in [0.4, 0.5) is 0 Å². The van der Waals surface area contributed by atoms with E-state index < -0.39 is 0 Å². The number of nitrogens with two attached hydrogens (primary N) is 1. The van der Waals surface area contributed by atoms with Crippen LogP contribution in [0, 0.1) is 0 Å². The summed E-state index contributed by atoms with van der Waals surface area (Å²) < 4.78 is 0. The van der Waals surface area contributed by atoms with Gasteiger partial charge < -0.3 is 11.1 Å². The topological polar surface area (TPSA) is 55.1 Å². The van der Waals surface area contributed by atoms with Crippen molar-refractivity contribution in [3.05, 3.63) is 0 Å². The maximum Gasteiger partial charge on any atom is 0.234 e. The maximum atomic E-state index is 10.5. The van der Waals surface area contributed by atoms with Crippen molar-refractivity contribution in [1.82, 2.24) is 5.32 Å². The Labute approximate surface area is 64.7 Å². The summed E-state index contributed by atoms with van der Waals surface area (Å²) in [5.41, 5.74) is 5.05. The van der Waals surface area contributed by atoms with E-state index in [4.69, 9.17) is 5.73 Å². The molecule has 0 unspecified atom stereocenters. The predicted octanol–water partition coefficient (Wildman–Crippen LogP) is -0.435. The third-order valence-electron chi connectivity index (χ3n) is 1.55. The first-order valence-corrected chi connectivity index (χ1v) is 4.48. The second-order valence-corrected chi connectivity index (χ2v) is 3.60. The molecule has 0 spiro atoms. The summed E-state index contributed by atoms with van der Waals surface area (Å²) >= 11 is 1.88. The smallest absolute Gasteiger partial charge is 0.234 e. The summed E-state index contributed by atoms with van der Waals surface area (Å²) in [7, 11) is 0. The Morgan fingerprint density at radius 2 is 2.40 bits per heavy atom. The van der Waals surface area contributed by atoms with E-state index in [1.165, 1.54) is 0 Å². The molecule has 1 aliphatic rings. The fourth-order valence-corrected chi connectivity index (χ4v) is 1.43. The lowest BCUT2D eigenvalue weighted by Crippen LogP contribution is -2.49. The van der Waals surface area contributed by atoms with Crippen molar-refractivity contribution in [2.45, 2.75) is 19.0 Å². The fraction of sp³-hybridized carbons (Fsp3) is 0.833. The van der Waals surface area contributed by atoms with Gasteiger partial charge in [0.2, 0.25) is 5.91 Å². The highest BCUT2D eigenvalue weighted by atomic mass is 32.2. The van der Waals surface area contributed by atoms with Gasteiger partial charge >= 0.3 is 0 Å². The van der Waals surface area contributed by atoms with Gasteiger partial charge in [0.1, 0.15) is 0 Å². The number of thioether (sulfide) groups is 1. The molecule has 0 aliphatic carbocycles. The molecule has 1 fully saturated rings. The number of rotatable bonds is 3. The highest BCUT2D eigenvalue weighted by molar-refractivity contribution is 8.00. The number of hydrogen-bond donors (Lipinski definition) is 2. The van der Waals surface area contributed by atoms with Crippen LogP contribution in [0.3, 0.4) is 0 Å². The molecule has 1 heterocycles. The Hall–Kier alpha value is -0.220. The fourth-order valence-electron chi connectivity index (χ4n) is 0.768. The van der Waals surface area contributed by atoms with Crippen LogP contribution < -0.4 is 11.1 Å². The van der Waals surface area contributed by atoms with Crippen molar-refractivity contribution >= 4 is 17.7 Å². The third-order valence-corrected chi connectivity index (χ3v) is 2.83. The molecule has 1 saturated heterocycles. The summed E-state index contributed by atoms with van der Waals surface area (Å²) in [4.78, 5) is 10.5. The minimum atomic E-state index is -0.267. The summed E-state index contributed by atoms with van der Waals surface area (Å²) in [5.74, 6) is 1.95. The second-order valence-electron chi connectivity index (χ2n) is 2.53. The van der Waals surface area contributed by atoms with Gasteiger partial charge in [-0.05, 0) is 6.92 Å². The number of carbonyl (C=O) groups is 1. The third kappa shape index (κ3) is 1.88. The van der Waals surface area contributed by atoms with Crippen molar-refractivity contribution < 1.29 is 4.79 Å². The van der Waals surface area contributed by atoms with Crippen molar-refractivity contribution in [3.8, 4) is 0 Å². The van der Waals surface area contributed by atoms with Crippen molar-refractivity contribution in [2.75, 3.05) is 11.5 Å².